The Labute approximate surface area is 124 Å². The van der Waals surface area contributed by atoms with Crippen LogP contribution in [-0.4, -0.2) is 27.0 Å². The van der Waals surface area contributed by atoms with Gasteiger partial charge in [0.2, 0.25) is 0 Å². The van der Waals surface area contributed by atoms with Crippen LogP contribution in [0.4, 0.5) is 4.39 Å². The van der Waals surface area contributed by atoms with E-state index >= 15 is 0 Å². The Morgan fingerprint density at radius 3 is 2.76 bits per heavy atom. The summed E-state index contributed by atoms with van der Waals surface area (Å²) in [6.07, 6.45) is 5.71. The Bertz CT molecular complexity index is 685. The van der Waals surface area contributed by atoms with Crippen LogP contribution >= 0.6 is 0 Å². The van der Waals surface area contributed by atoms with Crippen LogP contribution in [0.25, 0.3) is 11.0 Å². The average Bonchev–Trinajstić information content (AvgIpc) is 2.70. The van der Waals surface area contributed by atoms with Gasteiger partial charge in [-0.05, 0) is 44.2 Å². The molecule has 0 saturated heterocycles. The van der Waals surface area contributed by atoms with Gasteiger partial charge in [0.25, 0.3) is 0 Å². The Balaban J connectivity index is 1.79. The van der Waals surface area contributed by atoms with Gasteiger partial charge in [-0.3, -0.25) is 4.90 Å². The predicted molar refractivity (Wildman–Crippen MR) is 81.8 cm³/mol. The number of aromatic nitrogens is 2. The summed E-state index contributed by atoms with van der Waals surface area (Å²) >= 11 is 0. The molecule has 2 aromatic rings. The minimum absolute atomic E-state index is 0.0518. The van der Waals surface area contributed by atoms with Crippen molar-refractivity contribution in [3.63, 3.8) is 0 Å². The maximum absolute atomic E-state index is 14.8. The zero-order valence-corrected chi connectivity index (χ0v) is 12.8. The molecule has 0 bridgehead atoms. The molecule has 1 aliphatic heterocycles. The topological polar surface area (TPSA) is 21.1 Å². The Hall–Kier alpha value is -1.42. The monoisotopic (exact) mass is 287 g/mol. The van der Waals surface area contributed by atoms with Crippen LogP contribution in [-0.2, 0) is 13.1 Å². The third kappa shape index (κ3) is 2.00. The quantitative estimate of drug-likeness (QED) is 0.840. The van der Waals surface area contributed by atoms with E-state index in [9.17, 15) is 4.39 Å². The molecule has 2 aromatic heterocycles. The smallest absolute Gasteiger partial charge is 0.154 e. The molecule has 1 fully saturated rings. The summed E-state index contributed by atoms with van der Waals surface area (Å²) in [7, 11) is 0. The van der Waals surface area contributed by atoms with Crippen LogP contribution in [0, 0.1) is 5.82 Å². The minimum Gasteiger partial charge on any atom is -0.324 e. The van der Waals surface area contributed by atoms with E-state index < -0.39 is 0 Å². The molecule has 3 nitrogen and oxygen atoms in total. The molecule has 2 aliphatic rings. The Morgan fingerprint density at radius 1 is 1.29 bits per heavy atom. The molecule has 0 radical (unpaired) electrons. The van der Waals surface area contributed by atoms with Gasteiger partial charge in [0, 0.05) is 31.9 Å². The lowest BCUT2D eigenvalue weighted by molar-refractivity contribution is 0.175. The van der Waals surface area contributed by atoms with Crippen LogP contribution in [0.5, 0.6) is 0 Å². The van der Waals surface area contributed by atoms with Crippen LogP contribution in [0.2, 0.25) is 0 Å². The molecule has 1 aliphatic carbocycles. The summed E-state index contributed by atoms with van der Waals surface area (Å²) < 4.78 is 16.9. The highest BCUT2D eigenvalue weighted by Crippen LogP contribution is 2.38. The van der Waals surface area contributed by atoms with Gasteiger partial charge in [-0.15, -0.1) is 0 Å². The van der Waals surface area contributed by atoms with Crippen molar-refractivity contribution in [2.24, 2.45) is 0 Å². The van der Waals surface area contributed by atoms with Crippen molar-refractivity contribution >= 4 is 11.0 Å². The van der Waals surface area contributed by atoms with E-state index in [1.54, 1.807) is 0 Å². The molecule has 0 aromatic carbocycles. The largest absolute Gasteiger partial charge is 0.324 e. The van der Waals surface area contributed by atoms with Crippen molar-refractivity contribution < 1.29 is 4.39 Å². The first-order valence-electron chi connectivity index (χ1n) is 8.05. The summed E-state index contributed by atoms with van der Waals surface area (Å²) in [5.74, 6) is 0.550. The standard InChI is InChI=1S/C17H22FN3/c1-11(2)20-6-7-21-15(10-20)16(18)14-8-13(9-19-17(14)21)12-4-3-5-12/h8-9,11-12H,3-7,10H2,1-2H3. The summed E-state index contributed by atoms with van der Waals surface area (Å²) in [4.78, 5) is 6.92. The number of hydrogen-bond donors (Lipinski definition) is 0. The molecule has 1 saturated carbocycles. The highest BCUT2D eigenvalue weighted by molar-refractivity contribution is 5.79. The number of rotatable bonds is 2. The van der Waals surface area contributed by atoms with Crippen molar-refractivity contribution in [3.05, 3.63) is 29.3 Å². The van der Waals surface area contributed by atoms with E-state index in [0.29, 0.717) is 18.5 Å². The van der Waals surface area contributed by atoms with E-state index in [1.165, 1.54) is 24.8 Å². The van der Waals surface area contributed by atoms with Gasteiger partial charge in [-0.2, -0.15) is 0 Å². The highest BCUT2D eigenvalue weighted by atomic mass is 19.1. The predicted octanol–water partition coefficient (Wildman–Crippen LogP) is 3.67. The lowest BCUT2D eigenvalue weighted by Gasteiger charge is -2.31. The summed E-state index contributed by atoms with van der Waals surface area (Å²) in [6, 6.07) is 2.50. The minimum atomic E-state index is -0.0518. The lowest BCUT2D eigenvalue weighted by atomic mass is 9.80. The molecule has 0 unspecified atom stereocenters. The van der Waals surface area contributed by atoms with Crippen molar-refractivity contribution in [1.82, 2.24) is 14.5 Å². The zero-order chi connectivity index (χ0) is 14.6. The van der Waals surface area contributed by atoms with Gasteiger partial charge in [0.15, 0.2) is 5.82 Å². The van der Waals surface area contributed by atoms with Gasteiger partial charge in [-0.1, -0.05) is 6.42 Å². The molecule has 0 amide bonds. The fraction of sp³-hybridized carbons (Fsp3) is 0.588. The highest BCUT2D eigenvalue weighted by Gasteiger charge is 2.27. The summed E-state index contributed by atoms with van der Waals surface area (Å²) in [5.41, 5.74) is 2.86. The number of pyridine rings is 1. The molecular weight excluding hydrogens is 265 g/mol. The molecule has 0 N–H and O–H groups in total. The SMILES string of the molecule is CC(C)N1CCn2c(c(F)c3cc(C4CCC4)cnc32)C1. The van der Waals surface area contributed by atoms with E-state index in [2.05, 4.69) is 28.3 Å². The van der Waals surface area contributed by atoms with E-state index in [4.69, 9.17) is 0 Å². The molecule has 4 rings (SSSR count). The van der Waals surface area contributed by atoms with Crippen LogP contribution < -0.4 is 0 Å². The summed E-state index contributed by atoms with van der Waals surface area (Å²) in [5, 5.41) is 0.722. The van der Waals surface area contributed by atoms with Crippen molar-refractivity contribution in [2.75, 3.05) is 6.54 Å². The number of halogens is 1. The first-order chi connectivity index (χ1) is 10.1. The fourth-order valence-corrected chi connectivity index (χ4v) is 3.55. The maximum atomic E-state index is 14.8. The zero-order valence-electron chi connectivity index (χ0n) is 12.8. The van der Waals surface area contributed by atoms with E-state index in [0.717, 1.165) is 29.8 Å². The molecule has 0 spiro atoms. The molecule has 3 heterocycles. The fourth-order valence-electron chi connectivity index (χ4n) is 3.55. The van der Waals surface area contributed by atoms with Crippen molar-refractivity contribution in [1.29, 1.82) is 0 Å². The van der Waals surface area contributed by atoms with Crippen LogP contribution in [0.3, 0.4) is 0 Å². The Morgan fingerprint density at radius 2 is 2.10 bits per heavy atom. The second-order valence-electron chi connectivity index (χ2n) is 6.74. The third-order valence-corrected chi connectivity index (χ3v) is 5.23. The average molecular weight is 287 g/mol. The molecule has 0 atom stereocenters. The lowest BCUT2D eigenvalue weighted by Crippen LogP contribution is -2.38. The normalized spacial score (nSPS) is 20.0. The van der Waals surface area contributed by atoms with E-state index in [1.807, 2.05) is 12.3 Å². The molecule has 21 heavy (non-hydrogen) atoms. The summed E-state index contributed by atoms with van der Waals surface area (Å²) in [6.45, 7) is 6.84. The van der Waals surface area contributed by atoms with E-state index in [-0.39, 0.29) is 5.82 Å². The molecule has 112 valence electrons. The maximum Gasteiger partial charge on any atom is 0.154 e. The van der Waals surface area contributed by atoms with Gasteiger partial charge >= 0.3 is 0 Å². The number of fused-ring (bicyclic) bond motifs is 3. The van der Waals surface area contributed by atoms with Gasteiger partial charge < -0.3 is 4.57 Å². The van der Waals surface area contributed by atoms with Gasteiger partial charge in [0.1, 0.15) is 5.65 Å². The van der Waals surface area contributed by atoms with Crippen LogP contribution in [0.15, 0.2) is 12.3 Å². The first kappa shape index (κ1) is 13.3. The second kappa shape index (κ2) is 4.80. The molecule has 4 heteroatoms. The number of hydrogen-bond acceptors (Lipinski definition) is 2. The third-order valence-electron chi connectivity index (χ3n) is 5.23. The van der Waals surface area contributed by atoms with Crippen molar-refractivity contribution in [2.45, 2.75) is 58.2 Å². The van der Waals surface area contributed by atoms with Crippen LogP contribution in [0.1, 0.15) is 50.3 Å². The van der Waals surface area contributed by atoms with Gasteiger partial charge in [0.05, 0.1) is 11.1 Å². The second-order valence-corrected chi connectivity index (χ2v) is 6.74. The van der Waals surface area contributed by atoms with Gasteiger partial charge in [-0.25, -0.2) is 9.37 Å². The first-order valence-corrected chi connectivity index (χ1v) is 8.05. The molecular formula is C17H22FN3. The number of nitrogens with zero attached hydrogens (tertiary/aromatic N) is 3. The Kier molecular flexibility index (Phi) is 3.03. The van der Waals surface area contributed by atoms with Crippen molar-refractivity contribution in [3.8, 4) is 0 Å².